The number of carbonyl (C=O) groups is 1. The molecular weight excluding hydrogens is 316 g/mol. The number of likely N-dealkylation sites (tertiary alicyclic amines) is 1. The molecule has 1 aliphatic rings. The highest BCUT2D eigenvalue weighted by Gasteiger charge is 2.25. The van der Waals surface area contributed by atoms with Crippen molar-refractivity contribution in [2.24, 2.45) is 0 Å². The molecule has 2 heterocycles. The van der Waals surface area contributed by atoms with E-state index in [-0.39, 0.29) is 12.1 Å². The van der Waals surface area contributed by atoms with Crippen LogP contribution in [-0.4, -0.2) is 35.1 Å². The number of carbonyl (C=O) groups excluding carboxylic acids is 1. The first kappa shape index (κ1) is 16.8. The Morgan fingerprint density at radius 3 is 3.00 bits per heavy atom. The van der Waals surface area contributed by atoms with E-state index >= 15 is 0 Å². The van der Waals surface area contributed by atoms with Gasteiger partial charge in [-0.1, -0.05) is 30.3 Å². The van der Waals surface area contributed by atoms with Crippen LogP contribution in [0.5, 0.6) is 5.88 Å². The molecule has 0 bridgehead atoms. The number of nitriles is 1. The zero-order chi connectivity index (χ0) is 17.5. The Labute approximate surface area is 147 Å². The van der Waals surface area contributed by atoms with E-state index in [4.69, 9.17) is 10.00 Å². The van der Waals surface area contributed by atoms with E-state index in [9.17, 15) is 4.79 Å². The highest BCUT2D eigenvalue weighted by molar-refractivity contribution is 5.74. The largest absolute Gasteiger partial charge is 0.472 e. The molecule has 3 rings (SSSR count). The maximum Gasteiger partial charge on any atom is 0.317 e. The lowest BCUT2D eigenvalue weighted by molar-refractivity contribution is 0.0977. The number of urea groups is 1. The van der Waals surface area contributed by atoms with E-state index in [1.54, 1.807) is 23.2 Å². The average molecular weight is 336 g/mol. The third kappa shape index (κ3) is 4.70. The summed E-state index contributed by atoms with van der Waals surface area (Å²) < 4.78 is 5.86. The fraction of sp³-hybridized carbons (Fsp3) is 0.316. The van der Waals surface area contributed by atoms with Crippen LogP contribution in [0, 0.1) is 11.3 Å². The number of nitrogens with zero attached hydrogens (tertiary/aromatic N) is 3. The van der Waals surface area contributed by atoms with Crippen molar-refractivity contribution in [3.05, 3.63) is 59.8 Å². The van der Waals surface area contributed by atoms with Crippen molar-refractivity contribution in [2.45, 2.75) is 25.5 Å². The zero-order valence-electron chi connectivity index (χ0n) is 13.9. The Kier molecular flexibility index (Phi) is 5.47. The van der Waals surface area contributed by atoms with Gasteiger partial charge in [0.1, 0.15) is 6.10 Å². The summed E-state index contributed by atoms with van der Waals surface area (Å²) in [6.07, 6.45) is 3.18. The van der Waals surface area contributed by atoms with E-state index in [0.29, 0.717) is 31.1 Å². The molecule has 25 heavy (non-hydrogen) atoms. The number of benzene rings is 1. The third-order valence-corrected chi connectivity index (χ3v) is 4.10. The minimum absolute atomic E-state index is 0.0871. The predicted octanol–water partition coefficient (Wildman–Crippen LogP) is 2.71. The van der Waals surface area contributed by atoms with E-state index < -0.39 is 0 Å². The maximum atomic E-state index is 12.4. The van der Waals surface area contributed by atoms with Crippen LogP contribution < -0.4 is 10.1 Å². The SMILES string of the molecule is N#Cc1ccnc(OC2CCCN(C(=O)NCc3ccccc3)C2)c1. The minimum Gasteiger partial charge on any atom is -0.472 e. The summed E-state index contributed by atoms with van der Waals surface area (Å²) >= 11 is 0. The maximum absolute atomic E-state index is 12.4. The minimum atomic E-state index is -0.113. The van der Waals surface area contributed by atoms with Crippen LogP contribution in [0.4, 0.5) is 4.79 Å². The number of piperidine rings is 1. The van der Waals surface area contributed by atoms with Crippen molar-refractivity contribution < 1.29 is 9.53 Å². The summed E-state index contributed by atoms with van der Waals surface area (Å²) in [4.78, 5) is 18.3. The standard InChI is InChI=1S/C19H20N4O2/c20-12-16-8-9-21-18(11-16)25-17-7-4-10-23(14-17)19(24)22-13-15-5-2-1-3-6-15/h1-3,5-6,8-9,11,17H,4,7,10,13-14H2,(H,22,24). The number of amides is 2. The monoisotopic (exact) mass is 336 g/mol. The molecule has 1 N–H and O–H groups in total. The Hall–Kier alpha value is -3.07. The van der Waals surface area contributed by atoms with Crippen molar-refractivity contribution >= 4 is 6.03 Å². The number of pyridine rings is 1. The van der Waals surface area contributed by atoms with Gasteiger partial charge in [0.2, 0.25) is 5.88 Å². The first-order valence-electron chi connectivity index (χ1n) is 8.34. The lowest BCUT2D eigenvalue weighted by Gasteiger charge is -2.32. The van der Waals surface area contributed by atoms with Crippen LogP contribution in [0.3, 0.4) is 0 Å². The van der Waals surface area contributed by atoms with Gasteiger partial charge in [-0.05, 0) is 24.5 Å². The smallest absolute Gasteiger partial charge is 0.317 e. The molecule has 0 spiro atoms. The van der Waals surface area contributed by atoms with Gasteiger partial charge in [0.05, 0.1) is 18.2 Å². The van der Waals surface area contributed by atoms with Gasteiger partial charge in [0, 0.05) is 25.4 Å². The quantitative estimate of drug-likeness (QED) is 0.931. The number of hydrogen-bond donors (Lipinski definition) is 1. The molecule has 2 amide bonds. The number of nitrogens with one attached hydrogen (secondary N) is 1. The predicted molar refractivity (Wildman–Crippen MR) is 92.9 cm³/mol. The summed E-state index contributed by atoms with van der Waals surface area (Å²) in [5.74, 6) is 0.426. The number of ether oxygens (including phenoxy) is 1. The molecule has 2 aromatic rings. The molecule has 128 valence electrons. The second kappa shape index (κ2) is 8.15. The summed E-state index contributed by atoms with van der Waals surface area (Å²) in [5.41, 5.74) is 1.58. The van der Waals surface area contributed by atoms with Crippen LogP contribution in [0.2, 0.25) is 0 Å². The highest BCUT2D eigenvalue weighted by Crippen LogP contribution is 2.17. The fourth-order valence-corrected chi connectivity index (χ4v) is 2.82. The Balaban J connectivity index is 1.53. The summed E-state index contributed by atoms with van der Waals surface area (Å²) in [6, 6.07) is 15.1. The van der Waals surface area contributed by atoms with Crippen LogP contribution in [0.25, 0.3) is 0 Å². The van der Waals surface area contributed by atoms with Crippen LogP contribution in [0.15, 0.2) is 48.7 Å². The van der Waals surface area contributed by atoms with Crippen molar-refractivity contribution in [1.82, 2.24) is 15.2 Å². The number of hydrogen-bond acceptors (Lipinski definition) is 4. The van der Waals surface area contributed by atoms with Crippen LogP contribution in [0.1, 0.15) is 24.0 Å². The second-order valence-corrected chi connectivity index (χ2v) is 5.97. The molecule has 6 nitrogen and oxygen atoms in total. The topological polar surface area (TPSA) is 78.2 Å². The third-order valence-electron chi connectivity index (χ3n) is 4.10. The average Bonchev–Trinajstić information content (AvgIpc) is 2.67. The van der Waals surface area contributed by atoms with Crippen molar-refractivity contribution in [2.75, 3.05) is 13.1 Å². The molecule has 0 saturated carbocycles. The fourth-order valence-electron chi connectivity index (χ4n) is 2.82. The van der Waals surface area contributed by atoms with Gasteiger partial charge in [0.15, 0.2) is 0 Å². The zero-order valence-corrected chi connectivity index (χ0v) is 13.9. The Morgan fingerprint density at radius 1 is 1.36 bits per heavy atom. The van der Waals surface area contributed by atoms with Crippen LogP contribution in [-0.2, 0) is 6.54 Å². The van der Waals surface area contributed by atoms with Gasteiger partial charge in [-0.3, -0.25) is 0 Å². The molecule has 1 aromatic carbocycles. The van der Waals surface area contributed by atoms with E-state index in [1.807, 2.05) is 30.3 Å². The molecule has 0 radical (unpaired) electrons. The van der Waals surface area contributed by atoms with Gasteiger partial charge in [-0.15, -0.1) is 0 Å². The van der Waals surface area contributed by atoms with E-state index in [1.165, 1.54) is 0 Å². The van der Waals surface area contributed by atoms with Crippen molar-refractivity contribution in [3.63, 3.8) is 0 Å². The molecule has 1 aliphatic heterocycles. The normalized spacial score (nSPS) is 16.8. The number of aromatic nitrogens is 1. The van der Waals surface area contributed by atoms with Gasteiger partial charge >= 0.3 is 6.03 Å². The highest BCUT2D eigenvalue weighted by atomic mass is 16.5. The van der Waals surface area contributed by atoms with Crippen LogP contribution >= 0.6 is 0 Å². The lowest BCUT2D eigenvalue weighted by Crippen LogP contribution is -2.48. The van der Waals surface area contributed by atoms with Crippen molar-refractivity contribution in [1.29, 1.82) is 5.26 Å². The Bertz CT molecular complexity index is 758. The number of rotatable bonds is 4. The lowest BCUT2D eigenvalue weighted by atomic mass is 10.1. The molecule has 1 fully saturated rings. The second-order valence-electron chi connectivity index (χ2n) is 5.97. The van der Waals surface area contributed by atoms with Gasteiger partial charge < -0.3 is 15.0 Å². The molecule has 1 saturated heterocycles. The van der Waals surface area contributed by atoms with Gasteiger partial charge in [-0.2, -0.15) is 5.26 Å². The molecule has 1 unspecified atom stereocenters. The molecular formula is C19H20N4O2. The summed E-state index contributed by atoms with van der Waals surface area (Å²) in [5, 5.41) is 11.9. The van der Waals surface area contributed by atoms with Gasteiger partial charge in [-0.25, -0.2) is 9.78 Å². The van der Waals surface area contributed by atoms with E-state index in [2.05, 4.69) is 16.4 Å². The molecule has 6 heteroatoms. The summed E-state index contributed by atoms with van der Waals surface area (Å²) in [6.45, 7) is 1.73. The first-order chi connectivity index (χ1) is 12.2. The molecule has 1 aromatic heterocycles. The molecule has 0 aliphatic carbocycles. The van der Waals surface area contributed by atoms with Gasteiger partial charge in [0.25, 0.3) is 0 Å². The Morgan fingerprint density at radius 2 is 2.20 bits per heavy atom. The first-order valence-corrected chi connectivity index (χ1v) is 8.34. The van der Waals surface area contributed by atoms with Crippen molar-refractivity contribution in [3.8, 4) is 11.9 Å². The summed E-state index contributed by atoms with van der Waals surface area (Å²) in [7, 11) is 0. The van der Waals surface area contributed by atoms with E-state index in [0.717, 1.165) is 18.4 Å². The molecule has 1 atom stereocenters.